The number of carbonyl (C=O) groups excluding carboxylic acids is 2. The smallest absolute Gasteiger partial charge is 0.242 e. The maximum Gasteiger partial charge on any atom is 0.242 e. The summed E-state index contributed by atoms with van der Waals surface area (Å²) in [5.41, 5.74) is 1.04. The minimum atomic E-state index is -0.0474. The molecule has 1 fully saturated rings. The molecule has 0 aliphatic carbocycles. The van der Waals surface area contributed by atoms with Crippen LogP contribution in [0, 0.1) is 0 Å². The van der Waals surface area contributed by atoms with Crippen LogP contribution >= 0.6 is 11.8 Å². The number of rotatable bonds is 5. The van der Waals surface area contributed by atoms with Gasteiger partial charge in [0.25, 0.3) is 0 Å². The van der Waals surface area contributed by atoms with Crippen LogP contribution in [-0.2, 0) is 9.59 Å². The Kier molecular flexibility index (Phi) is 5.12. The zero-order chi connectivity index (χ0) is 15.4. The maximum atomic E-state index is 12.3. The number of nitrogens with zero attached hydrogens (tertiary/aromatic N) is 2. The lowest BCUT2D eigenvalue weighted by atomic mass is 10.1. The Balaban J connectivity index is 1.98. The van der Waals surface area contributed by atoms with E-state index in [9.17, 15) is 9.59 Å². The van der Waals surface area contributed by atoms with Crippen molar-refractivity contribution in [1.29, 1.82) is 0 Å². The Morgan fingerprint density at radius 3 is 2.62 bits per heavy atom. The Hall–Kier alpha value is -1.69. The lowest BCUT2D eigenvalue weighted by Gasteiger charge is -2.27. The van der Waals surface area contributed by atoms with E-state index in [2.05, 4.69) is 0 Å². The van der Waals surface area contributed by atoms with Gasteiger partial charge in [0.05, 0.1) is 24.8 Å². The van der Waals surface area contributed by atoms with Crippen molar-refractivity contribution in [1.82, 2.24) is 9.80 Å². The number of carbonyl (C=O) groups is 2. The first kappa shape index (κ1) is 15.7. The number of thioether (sulfide) groups is 1. The van der Waals surface area contributed by atoms with Crippen LogP contribution in [0.15, 0.2) is 24.3 Å². The lowest BCUT2D eigenvalue weighted by Crippen LogP contribution is -2.40. The molecule has 1 atom stereocenters. The van der Waals surface area contributed by atoms with E-state index < -0.39 is 0 Å². The van der Waals surface area contributed by atoms with Crippen molar-refractivity contribution < 1.29 is 14.3 Å². The fourth-order valence-electron chi connectivity index (χ4n) is 2.14. The van der Waals surface area contributed by atoms with E-state index in [-0.39, 0.29) is 24.4 Å². The van der Waals surface area contributed by atoms with Gasteiger partial charge in [0.1, 0.15) is 12.3 Å². The molecule has 0 unspecified atom stereocenters. The molecule has 0 N–H and O–H groups in total. The van der Waals surface area contributed by atoms with Gasteiger partial charge < -0.3 is 14.5 Å². The summed E-state index contributed by atoms with van der Waals surface area (Å²) in [6, 6.07) is 7.61. The molecular formula is C15H20N2O3S. The van der Waals surface area contributed by atoms with Gasteiger partial charge in [0, 0.05) is 7.05 Å². The van der Waals surface area contributed by atoms with Gasteiger partial charge in [-0.1, -0.05) is 12.1 Å². The van der Waals surface area contributed by atoms with Crippen LogP contribution < -0.4 is 4.74 Å². The number of ether oxygens (including phenoxy) is 1. The van der Waals surface area contributed by atoms with Crippen LogP contribution in [0.1, 0.15) is 18.5 Å². The number of amides is 2. The van der Waals surface area contributed by atoms with E-state index in [1.165, 1.54) is 0 Å². The van der Waals surface area contributed by atoms with Crippen LogP contribution in [0.2, 0.25) is 0 Å². The molecule has 0 aromatic heterocycles. The summed E-state index contributed by atoms with van der Waals surface area (Å²) in [5, 5.41) is 0. The number of methoxy groups -OCH3 is 1. The molecule has 0 bridgehead atoms. The van der Waals surface area contributed by atoms with Crippen molar-refractivity contribution >= 4 is 23.6 Å². The summed E-state index contributed by atoms with van der Waals surface area (Å²) in [7, 11) is 3.39. The molecule has 1 aromatic rings. The molecule has 1 saturated heterocycles. The third-order valence-corrected chi connectivity index (χ3v) is 4.67. The largest absolute Gasteiger partial charge is 0.497 e. The van der Waals surface area contributed by atoms with Crippen molar-refractivity contribution in [2.45, 2.75) is 13.0 Å². The Labute approximate surface area is 129 Å². The number of benzene rings is 1. The SMILES string of the molecule is COc1ccc([C@H](C)N(C)C(=O)CN2CSCC2=O)cc1. The van der Waals surface area contributed by atoms with E-state index >= 15 is 0 Å². The minimum absolute atomic E-state index is 0.0406. The summed E-state index contributed by atoms with van der Waals surface area (Å²) in [4.78, 5) is 27.1. The molecule has 1 aliphatic rings. The van der Waals surface area contributed by atoms with Gasteiger partial charge in [0.2, 0.25) is 11.8 Å². The van der Waals surface area contributed by atoms with Crippen molar-refractivity contribution in [3.8, 4) is 5.75 Å². The first-order chi connectivity index (χ1) is 10.0. The molecular weight excluding hydrogens is 288 g/mol. The number of hydrogen-bond acceptors (Lipinski definition) is 4. The third-order valence-electron chi connectivity index (χ3n) is 3.72. The van der Waals surface area contributed by atoms with Crippen LogP contribution in [0.25, 0.3) is 0 Å². The van der Waals surface area contributed by atoms with Gasteiger partial charge in [0.15, 0.2) is 0 Å². The van der Waals surface area contributed by atoms with E-state index in [4.69, 9.17) is 4.74 Å². The van der Waals surface area contributed by atoms with Gasteiger partial charge in [-0.2, -0.15) is 0 Å². The van der Waals surface area contributed by atoms with Gasteiger partial charge >= 0.3 is 0 Å². The maximum absolute atomic E-state index is 12.3. The molecule has 0 saturated carbocycles. The summed E-state index contributed by atoms with van der Waals surface area (Å²) in [5.74, 6) is 1.87. The summed E-state index contributed by atoms with van der Waals surface area (Å²) in [6.07, 6.45) is 0. The molecule has 0 radical (unpaired) electrons. The molecule has 6 heteroatoms. The standard InChI is InChI=1S/C15H20N2O3S/c1-11(12-4-6-13(20-3)7-5-12)16(2)14(18)8-17-10-21-9-15(17)19/h4-7,11H,8-10H2,1-3H3/t11-/m0/s1. The Bertz CT molecular complexity index is 518. The first-order valence-corrected chi connectivity index (χ1v) is 7.93. The number of hydrogen-bond donors (Lipinski definition) is 0. The normalized spacial score (nSPS) is 16.0. The molecule has 0 spiro atoms. The van der Waals surface area contributed by atoms with E-state index in [1.54, 1.807) is 35.7 Å². The molecule has 2 amide bonds. The molecule has 1 aromatic carbocycles. The van der Waals surface area contributed by atoms with Crippen LogP contribution in [0.3, 0.4) is 0 Å². The summed E-state index contributed by atoms with van der Waals surface area (Å²) < 4.78 is 5.13. The fraction of sp³-hybridized carbons (Fsp3) is 0.467. The quantitative estimate of drug-likeness (QED) is 0.831. The molecule has 1 aliphatic heterocycles. The lowest BCUT2D eigenvalue weighted by molar-refractivity contribution is -0.138. The average Bonchev–Trinajstić information content (AvgIpc) is 2.91. The predicted molar refractivity (Wildman–Crippen MR) is 83.2 cm³/mol. The van der Waals surface area contributed by atoms with Gasteiger partial charge in [-0.15, -0.1) is 11.8 Å². The molecule has 5 nitrogen and oxygen atoms in total. The molecule has 1 heterocycles. The highest BCUT2D eigenvalue weighted by atomic mass is 32.2. The highest BCUT2D eigenvalue weighted by Gasteiger charge is 2.26. The predicted octanol–water partition coefficient (Wildman–Crippen LogP) is 1.75. The van der Waals surface area contributed by atoms with Crippen LogP contribution in [-0.4, -0.2) is 53.9 Å². The average molecular weight is 308 g/mol. The van der Waals surface area contributed by atoms with E-state index in [0.29, 0.717) is 11.6 Å². The first-order valence-electron chi connectivity index (χ1n) is 6.78. The number of likely N-dealkylation sites (N-methyl/N-ethyl adjacent to an activating group) is 1. The van der Waals surface area contributed by atoms with Gasteiger partial charge in [-0.3, -0.25) is 9.59 Å². The zero-order valence-electron chi connectivity index (χ0n) is 12.5. The minimum Gasteiger partial charge on any atom is -0.497 e. The van der Waals surface area contributed by atoms with E-state index in [1.807, 2.05) is 31.2 Å². The molecule has 114 valence electrons. The monoisotopic (exact) mass is 308 g/mol. The van der Waals surface area contributed by atoms with Gasteiger partial charge in [-0.05, 0) is 24.6 Å². The fourth-order valence-corrected chi connectivity index (χ4v) is 3.04. The van der Waals surface area contributed by atoms with Crippen molar-refractivity contribution in [2.24, 2.45) is 0 Å². The van der Waals surface area contributed by atoms with Crippen LogP contribution in [0.5, 0.6) is 5.75 Å². The van der Waals surface area contributed by atoms with Gasteiger partial charge in [-0.25, -0.2) is 0 Å². The van der Waals surface area contributed by atoms with Crippen molar-refractivity contribution in [3.63, 3.8) is 0 Å². The summed E-state index contributed by atoms with van der Waals surface area (Å²) in [6.45, 7) is 2.13. The molecule has 21 heavy (non-hydrogen) atoms. The zero-order valence-corrected chi connectivity index (χ0v) is 13.4. The highest BCUT2D eigenvalue weighted by molar-refractivity contribution is 8.00. The molecule has 2 rings (SSSR count). The topological polar surface area (TPSA) is 49.9 Å². The second-order valence-electron chi connectivity index (χ2n) is 5.02. The Morgan fingerprint density at radius 2 is 2.10 bits per heavy atom. The second-order valence-corrected chi connectivity index (χ2v) is 5.98. The van der Waals surface area contributed by atoms with Crippen LogP contribution in [0.4, 0.5) is 0 Å². The van der Waals surface area contributed by atoms with E-state index in [0.717, 1.165) is 11.3 Å². The second kappa shape index (κ2) is 6.85. The third kappa shape index (κ3) is 3.69. The Morgan fingerprint density at radius 1 is 1.43 bits per heavy atom. The van der Waals surface area contributed by atoms with Crippen molar-refractivity contribution in [2.75, 3.05) is 32.3 Å². The van der Waals surface area contributed by atoms with Crippen molar-refractivity contribution in [3.05, 3.63) is 29.8 Å². The summed E-state index contributed by atoms with van der Waals surface area (Å²) >= 11 is 1.54. The highest BCUT2D eigenvalue weighted by Crippen LogP contribution is 2.22.